The van der Waals surface area contributed by atoms with Crippen molar-refractivity contribution in [3.8, 4) is 11.5 Å². The van der Waals surface area contributed by atoms with E-state index in [9.17, 15) is 19.2 Å². The van der Waals surface area contributed by atoms with Gasteiger partial charge in [-0.25, -0.2) is 0 Å². The Morgan fingerprint density at radius 1 is 0.875 bits per heavy atom. The molecule has 2 aliphatic heterocycles. The predicted octanol–water partition coefficient (Wildman–Crippen LogP) is 4.32. The van der Waals surface area contributed by atoms with E-state index in [1.165, 1.54) is 4.90 Å². The smallest absolute Gasteiger partial charge is 0.299 e. The zero-order valence-electron chi connectivity index (χ0n) is 21.9. The van der Waals surface area contributed by atoms with Crippen LogP contribution in [0.4, 0.5) is 11.4 Å². The van der Waals surface area contributed by atoms with E-state index in [0.29, 0.717) is 35.7 Å². The fraction of sp³-hybridized carbons (Fsp3) is 0.290. The summed E-state index contributed by atoms with van der Waals surface area (Å²) in [7, 11) is 0. The molecule has 0 radical (unpaired) electrons. The maximum absolute atomic E-state index is 14.2. The molecule has 3 aromatic rings. The Balaban J connectivity index is 1.34. The van der Waals surface area contributed by atoms with Crippen LogP contribution in [0.2, 0.25) is 0 Å². The topological polar surface area (TPSA) is 105 Å². The maximum atomic E-state index is 14.2. The van der Waals surface area contributed by atoms with E-state index in [1.54, 1.807) is 47.4 Å². The lowest BCUT2D eigenvalue weighted by Gasteiger charge is -2.45. The van der Waals surface area contributed by atoms with Gasteiger partial charge in [0.05, 0.1) is 11.3 Å². The monoisotopic (exact) mass is 539 g/mol. The molecule has 3 amide bonds. The summed E-state index contributed by atoms with van der Waals surface area (Å²) in [5.41, 5.74) is 0.950. The van der Waals surface area contributed by atoms with Crippen LogP contribution in [0, 0.1) is 0 Å². The van der Waals surface area contributed by atoms with Crippen molar-refractivity contribution in [3.05, 3.63) is 83.9 Å². The molecule has 1 fully saturated rings. The van der Waals surface area contributed by atoms with E-state index in [1.807, 2.05) is 30.3 Å². The van der Waals surface area contributed by atoms with Crippen molar-refractivity contribution in [1.82, 2.24) is 4.90 Å². The molecule has 9 heteroatoms. The van der Waals surface area contributed by atoms with Crippen LogP contribution in [-0.4, -0.2) is 47.3 Å². The zero-order chi connectivity index (χ0) is 27.7. The van der Waals surface area contributed by atoms with Gasteiger partial charge in [0.2, 0.25) is 18.6 Å². The second-order valence-corrected chi connectivity index (χ2v) is 10.3. The van der Waals surface area contributed by atoms with E-state index in [-0.39, 0.29) is 31.4 Å². The van der Waals surface area contributed by atoms with Gasteiger partial charge in [-0.3, -0.25) is 24.1 Å². The quantitative estimate of drug-likeness (QED) is 0.449. The first-order valence-corrected chi connectivity index (χ1v) is 13.5. The third kappa shape index (κ3) is 4.57. The Bertz CT molecular complexity index is 1480. The van der Waals surface area contributed by atoms with Crippen LogP contribution in [-0.2, 0) is 20.9 Å². The molecule has 40 heavy (non-hydrogen) atoms. The number of amides is 3. The van der Waals surface area contributed by atoms with Gasteiger partial charge in [-0.2, -0.15) is 0 Å². The number of hydrogen-bond acceptors (Lipinski definition) is 6. The Morgan fingerprint density at radius 3 is 2.40 bits per heavy atom. The Hall–Kier alpha value is -4.66. The molecule has 2 heterocycles. The molecular weight excluding hydrogens is 510 g/mol. The van der Waals surface area contributed by atoms with E-state index >= 15 is 0 Å². The van der Waals surface area contributed by atoms with E-state index in [2.05, 4.69) is 5.32 Å². The predicted molar refractivity (Wildman–Crippen MR) is 147 cm³/mol. The molecule has 0 atom stereocenters. The highest BCUT2D eigenvalue weighted by molar-refractivity contribution is 6.52. The molecule has 9 nitrogen and oxygen atoms in total. The second kappa shape index (κ2) is 10.5. The number of nitrogens with zero attached hydrogens (tertiary/aromatic N) is 2. The summed E-state index contributed by atoms with van der Waals surface area (Å²) >= 11 is 0. The van der Waals surface area contributed by atoms with Crippen molar-refractivity contribution in [2.45, 2.75) is 44.2 Å². The summed E-state index contributed by atoms with van der Waals surface area (Å²) in [5, 5.41) is 3.03. The summed E-state index contributed by atoms with van der Waals surface area (Å²) in [5.74, 6) is -0.911. The highest BCUT2D eigenvalue weighted by Crippen LogP contribution is 2.39. The van der Waals surface area contributed by atoms with E-state index in [0.717, 1.165) is 24.8 Å². The van der Waals surface area contributed by atoms with Crippen molar-refractivity contribution >= 4 is 34.9 Å². The van der Waals surface area contributed by atoms with Crippen LogP contribution in [0.25, 0.3) is 0 Å². The molecular formula is C31H29N3O6. The summed E-state index contributed by atoms with van der Waals surface area (Å²) in [6.07, 6.45) is 3.46. The minimum absolute atomic E-state index is 0.122. The first kappa shape index (κ1) is 25.6. The molecule has 3 aliphatic rings. The highest BCUT2D eigenvalue weighted by atomic mass is 16.7. The number of carbonyl (C=O) groups excluding carboxylic acids is 4. The van der Waals surface area contributed by atoms with Gasteiger partial charge >= 0.3 is 0 Å². The lowest BCUT2D eigenvalue weighted by Crippen LogP contribution is -2.61. The molecule has 0 saturated heterocycles. The summed E-state index contributed by atoms with van der Waals surface area (Å²) in [4.78, 5) is 56.7. The van der Waals surface area contributed by atoms with Gasteiger partial charge in [-0.15, -0.1) is 0 Å². The second-order valence-electron chi connectivity index (χ2n) is 10.3. The normalized spacial score (nSPS) is 16.9. The van der Waals surface area contributed by atoms with Crippen LogP contribution >= 0.6 is 0 Å². The molecule has 1 aliphatic carbocycles. The van der Waals surface area contributed by atoms with Crippen LogP contribution in [0.3, 0.4) is 0 Å². The van der Waals surface area contributed by atoms with Gasteiger partial charge in [-0.05, 0) is 42.7 Å². The van der Waals surface area contributed by atoms with Gasteiger partial charge in [-0.1, -0.05) is 61.7 Å². The molecule has 0 bridgehead atoms. The number of fused-ring (bicyclic) bond motifs is 2. The SMILES string of the molecule is O=C1C(=O)N(CC(=O)N(Cc2ccccc2)C2(C(=O)Nc3ccc4c(c3)OCO4)CCCCC2)c2ccccc21. The lowest BCUT2D eigenvalue weighted by atomic mass is 9.78. The lowest BCUT2D eigenvalue weighted by molar-refractivity contribution is -0.148. The fourth-order valence-corrected chi connectivity index (χ4v) is 5.85. The third-order valence-electron chi connectivity index (χ3n) is 7.91. The Morgan fingerprint density at radius 2 is 1.60 bits per heavy atom. The standard InChI is InChI=1S/C31H29N3O6/c35-27(19-33-24-12-6-5-11-23(24)28(36)29(33)37)34(18-21-9-3-1-4-10-21)31(15-7-2-8-16-31)30(38)32-22-13-14-25-26(17-22)40-20-39-25/h1,3-6,9-14,17H,2,7-8,15-16,18-20H2,(H,32,38). The highest BCUT2D eigenvalue weighted by Gasteiger charge is 2.48. The van der Waals surface area contributed by atoms with Crippen LogP contribution in [0.15, 0.2) is 72.8 Å². The number of ketones is 1. The van der Waals surface area contributed by atoms with Gasteiger partial charge in [0.15, 0.2) is 11.5 Å². The molecule has 0 aromatic heterocycles. The number of rotatable bonds is 7. The summed E-state index contributed by atoms with van der Waals surface area (Å²) in [6.45, 7) is -0.0315. The number of hydrogen-bond donors (Lipinski definition) is 1. The number of Topliss-reactive ketones (excluding diaryl/α,β-unsaturated/α-hetero) is 1. The van der Waals surface area contributed by atoms with Crippen molar-refractivity contribution in [1.29, 1.82) is 0 Å². The molecule has 1 N–H and O–H groups in total. The number of benzene rings is 3. The van der Waals surface area contributed by atoms with Crippen molar-refractivity contribution in [2.75, 3.05) is 23.6 Å². The molecule has 0 spiro atoms. The molecule has 0 unspecified atom stereocenters. The van der Waals surface area contributed by atoms with Gasteiger partial charge in [0.1, 0.15) is 12.1 Å². The zero-order valence-corrected chi connectivity index (χ0v) is 21.9. The van der Waals surface area contributed by atoms with Crippen molar-refractivity contribution < 1.29 is 28.7 Å². The molecule has 1 saturated carbocycles. The number of para-hydroxylation sites is 1. The molecule has 204 valence electrons. The van der Waals surface area contributed by atoms with Gasteiger partial charge in [0.25, 0.3) is 11.7 Å². The van der Waals surface area contributed by atoms with Gasteiger partial charge < -0.3 is 19.7 Å². The average Bonchev–Trinajstić information content (AvgIpc) is 3.55. The number of nitrogens with one attached hydrogen (secondary N) is 1. The van der Waals surface area contributed by atoms with Crippen LogP contribution in [0.5, 0.6) is 11.5 Å². The first-order chi connectivity index (χ1) is 19.5. The number of ether oxygens (including phenoxy) is 2. The maximum Gasteiger partial charge on any atom is 0.299 e. The van der Waals surface area contributed by atoms with Gasteiger partial charge in [0, 0.05) is 18.3 Å². The molecule has 6 rings (SSSR count). The third-order valence-corrected chi connectivity index (χ3v) is 7.91. The van der Waals surface area contributed by atoms with E-state index < -0.39 is 23.1 Å². The average molecular weight is 540 g/mol. The number of carbonyl (C=O) groups is 4. The number of anilines is 2. The van der Waals surface area contributed by atoms with Crippen molar-refractivity contribution in [2.24, 2.45) is 0 Å². The first-order valence-electron chi connectivity index (χ1n) is 13.5. The van der Waals surface area contributed by atoms with E-state index in [4.69, 9.17) is 9.47 Å². The molecule has 3 aromatic carbocycles. The van der Waals surface area contributed by atoms with Crippen molar-refractivity contribution in [3.63, 3.8) is 0 Å². The van der Waals surface area contributed by atoms with Crippen LogP contribution in [0.1, 0.15) is 48.0 Å². The summed E-state index contributed by atoms with van der Waals surface area (Å²) < 4.78 is 10.9. The largest absolute Gasteiger partial charge is 0.454 e. The van der Waals surface area contributed by atoms with Crippen LogP contribution < -0.4 is 19.7 Å². The Labute approximate surface area is 231 Å². The Kier molecular flexibility index (Phi) is 6.71. The minimum atomic E-state index is -1.14. The fourth-order valence-electron chi connectivity index (χ4n) is 5.85. The summed E-state index contributed by atoms with van der Waals surface area (Å²) in [6, 6.07) is 21.4. The minimum Gasteiger partial charge on any atom is -0.454 e.